The molecule has 180 valence electrons. The summed E-state index contributed by atoms with van der Waals surface area (Å²) in [5.41, 5.74) is 3.71. The van der Waals surface area contributed by atoms with Gasteiger partial charge in [0.05, 0.1) is 23.2 Å². The lowest BCUT2D eigenvalue weighted by molar-refractivity contribution is 0.0696. The summed E-state index contributed by atoms with van der Waals surface area (Å²) < 4.78 is 12.7. The number of carboxylic acids is 1. The summed E-state index contributed by atoms with van der Waals surface area (Å²) >= 11 is 0. The molecule has 1 aromatic heterocycles. The molecule has 0 radical (unpaired) electrons. The number of nitrogens with zero attached hydrogens (tertiary/aromatic N) is 4. The van der Waals surface area contributed by atoms with Crippen LogP contribution in [0.25, 0.3) is 16.7 Å². The first-order chi connectivity index (χ1) is 16.4. The number of aromatic nitrogens is 2. The number of piperazine rings is 1. The average molecular weight is 467 g/mol. The second-order valence-corrected chi connectivity index (χ2v) is 8.32. The lowest BCUT2D eigenvalue weighted by Crippen LogP contribution is -2.48. The summed E-state index contributed by atoms with van der Waals surface area (Å²) in [7, 11) is 1.63. The van der Waals surface area contributed by atoms with Gasteiger partial charge in [0.2, 0.25) is 0 Å². The third-order valence-electron chi connectivity index (χ3n) is 6.12. The lowest BCUT2D eigenvalue weighted by Gasteiger charge is -2.34. The largest absolute Gasteiger partial charge is 0.478 e. The Kier molecular flexibility index (Phi) is 7.14. The summed E-state index contributed by atoms with van der Waals surface area (Å²) in [6.45, 7) is 7.73. The highest BCUT2D eigenvalue weighted by atomic mass is 16.6. The Morgan fingerprint density at radius 2 is 1.88 bits per heavy atom. The maximum Gasteiger partial charge on any atom is 0.409 e. The standard InChI is InChI=1S/C25H30N4O5/c1-4-34-25(32)28-12-10-27(11-13-28)16-18-6-5-7-20(14-18)29-22-9-8-19(24(30)31)15-21(22)26-23(29)17(2)33-3/h5-9,14-15,17H,4,10-13,16H2,1-3H3,(H,30,31). The maximum absolute atomic E-state index is 11.9. The van der Waals surface area contributed by atoms with E-state index in [1.807, 2.05) is 30.5 Å². The third kappa shape index (κ3) is 4.90. The molecule has 9 heteroatoms. The Hall–Kier alpha value is -3.43. The second kappa shape index (κ2) is 10.2. The van der Waals surface area contributed by atoms with E-state index in [4.69, 9.17) is 14.5 Å². The molecule has 2 heterocycles. The molecule has 1 saturated heterocycles. The van der Waals surface area contributed by atoms with Crippen LogP contribution in [-0.4, -0.2) is 76.4 Å². The fourth-order valence-electron chi connectivity index (χ4n) is 4.24. The number of imidazole rings is 1. The van der Waals surface area contributed by atoms with Crippen LogP contribution in [0.5, 0.6) is 0 Å². The topological polar surface area (TPSA) is 97.1 Å². The van der Waals surface area contributed by atoms with Gasteiger partial charge in [-0.15, -0.1) is 0 Å². The Morgan fingerprint density at radius 1 is 1.12 bits per heavy atom. The van der Waals surface area contributed by atoms with Crippen molar-refractivity contribution in [3.63, 3.8) is 0 Å². The molecule has 34 heavy (non-hydrogen) atoms. The third-order valence-corrected chi connectivity index (χ3v) is 6.12. The number of carboxylic acid groups (broad SMARTS) is 1. The molecule has 3 aromatic rings. The lowest BCUT2D eigenvalue weighted by atomic mass is 10.1. The minimum atomic E-state index is -0.983. The molecular formula is C25H30N4O5. The maximum atomic E-state index is 11.9. The van der Waals surface area contributed by atoms with E-state index in [0.29, 0.717) is 31.0 Å². The van der Waals surface area contributed by atoms with E-state index in [9.17, 15) is 14.7 Å². The Balaban J connectivity index is 1.59. The molecule has 0 aliphatic carbocycles. The molecule has 0 saturated carbocycles. The molecule has 1 aliphatic rings. The van der Waals surface area contributed by atoms with Gasteiger partial charge in [-0.05, 0) is 49.7 Å². The number of hydrogen-bond acceptors (Lipinski definition) is 6. The number of rotatable bonds is 7. The van der Waals surface area contributed by atoms with Crippen LogP contribution in [0, 0.1) is 0 Å². The van der Waals surface area contributed by atoms with Gasteiger partial charge in [0.15, 0.2) is 0 Å². The van der Waals surface area contributed by atoms with Crippen LogP contribution in [-0.2, 0) is 16.0 Å². The Bertz CT molecular complexity index is 1180. The molecule has 4 rings (SSSR count). The molecule has 1 unspecified atom stereocenters. The summed E-state index contributed by atoms with van der Waals surface area (Å²) in [5, 5.41) is 9.37. The zero-order valence-corrected chi connectivity index (χ0v) is 19.7. The van der Waals surface area contributed by atoms with Gasteiger partial charge in [0.1, 0.15) is 11.9 Å². The van der Waals surface area contributed by atoms with Crippen LogP contribution in [0.3, 0.4) is 0 Å². The van der Waals surface area contributed by atoms with Crippen molar-refractivity contribution in [2.45, 2.75) is 26.5 Å². The molecule has 1 N–H and O–H groups in total. The van der Waals surface area contributed by atoms with Crippen LogP contribution in [0.4, 0.5) is 4.79 Å². The number of methoxy groups -OCH3 is 1. The van der Waals surface area contributed by atoms with E-state index in [-0.39, 0.29) is 17.8 Å². The zero-order valence-electron chi connectivity index (χ0n) is 19.7. The zero-order chi connectivity index (χ0) is 24.2. The van der Waals surface area contributed by atoms with Crippen molar-refractivity contribution >= 4 is 23.1 Å². The highest BCUT2D eigenvalue weighted by Gasteiger charge is 2.23. The van der Waals surface area contributed by atoms with Crippen molar-refractivity contribution < 1.29 is 24.2 Å². The second-order valence-electron chi connectivity index (χ2n) is 8.32. The minimum absolute atomic E-state index is 0.199. The molecular weight excluding hydrogens is 436 g/mol. The highest BCUT2D eigenvalue weighted by Crippen LogP contribution is 2.28. The average Bonchev–Trinajstić information content (AvgIpc) is 3.23. The minimum Gasteiger partial charge on any atom is -0.478 e. The van der Waals surface area contributed by atoms with Crippen LogP contribution >= 0.6 is 0 Å². The molecule has 1 aliphatic heterocycles. The van der Waals surface area contributed by atoms with E-state index in [1.165, 1.54) is 0 Å². The van der Waals surface area contributed by atoms with E-state index in [1.54, 1.807) is 30.2 Å². The van der Waals surface area contributed by atoms with Crippen molar-refractivity contribution in [2.24, 2.45) is 0 Å². The van der Waals surface area contributed by atoms with Crippen molar-refractivity contribution in [1.82, 2.24) is 19.4 Å². The van der Waals surface area contributed by atoms with Crippen LogP contribution in [0.2, 0.25) is 0 Å². The van der Waals surface area contributed by atoms with Gasteiger partial charge in [-0.25, -0.2) is 14.6 Å². The fraction of sp³-hybridized carbons (Fsp3) is 0.400. The monoisotopic (exact) mass is 466 g/mol. The van der Waals surface area contributed by atoms with Crippen LogP contribution < -0.4 is 0 Å². The molecule has 1 atom stereocenters. The molecule has 1 amide bonds. The van der Waals surface area contributed by atoms with Gasteiger partial charge in [-0.1, -0.05) is 12.1 Å². The summed E-state index contributed by atoms with van der Waals surface area (Å²) in [4.78, 5) is 32.1. The SMILES string of the molecule is CCOC(=O)N1CCN(Cc2cccc(-n3c(C(C)OC)nc4cc(C(=O)O)ccc43)c2)CC1. The van der Waals surface area contributed by atoms with E-state index in [0.717, 1.165) is 36.4 Å². The van der Waals surface area contributed by atoms with Gasteiger partial charge < -0.3 is 19.5 Å². The van der Waals surface area contributed by atoms with Gasteiger partial charge in [-0.3, -0.25) is 9.47 Å². The van der Waals surface area contributed by atoms with Crippen molar-refractivity contribution in [3.05, 3.63) is 59.4 Å². The fourth-order valence-corrected chi connectivity index (χ4v) is 4.24. The number of fused-ring (bicyclic) bond motifs is 1. The highest BCUT2D eigenvalue weighted by molar-refractivity contribution is 5.93. The molecule has 2 aromatic carbocycles. The number of carbonyl (C=O) groups is 2. The van der Waals surface area contributed by atoms with Gasteiger partial charge in [0.25, 0.3) is 0 Å². The number of ether oxygens (including phenoxy) is 2. The summed E-state index contributed by atoms with van der Waals surface area (Å²) in [6, 6.07) is 13.2. The predicted molar refractivity (Wildman–Crippen MR) is 127 cm³/mol. The van der Waals surface area contributed by atoms with Crippen molar-refractivity contribution in [3.8, 4) is 5.69 Å². The first kappa shape index (κ1) is 23.7. The molecule has 1 fully saturated rings. The quantitative estimate of drug-likeness (QED) is 0.567. The number of hydrogen-bond donors (Lipinski definition) is 1. The number of aromatic carboxylic acids is 1. The number of carbonyl (C=O) groups excluding carboxylic acids is 1. The summed E-state index contributed by atoms with van der Waals surface area (Å²) in [6.07, 6.45) is -0.526. The van der Waals surface area contributed by atoms with Crippen LogP contribution in [0.1, 0.15) is 41.7 Å². The number of benzene rings is 2. The number of amides is 1. The van der Waals surface area contributed by atoms with Crippen LogP contribution in [0.15, 0.2) is 42.5 Å². The predicted octanol–water partition coefficient (Wildman–Crippen LogP) is 3.71. The normalized spacial score (nSPS) is 15.4. The Morgan fingerprint density at radius 3 is 2.56 bits per heavy atom. The van der Waals surface area contributed by atoms with E-state index in [2.05, 4.69) is 17.0 Å². The smallest absolute Gasteiger partial charge is 0.409 e. The Labute approximate surface area is 198 Å². The van der Waals surface area contributed by atoms with E-state index < -0.39 is 5.97 Å². The first-order valence-corrected chi connectivity index (χ1v) is 11.4. The van der Waals surface area contributed by atoms with Crippen molar-refractivity contribution in [2.75, 3.05) is 39.9 Å². The van der Waals surface area contributed by atoms with Crippen molar-refractivity contribution in [1.29, 1.82) is 0 Å². The van der Waals surface area contributed by atoms with Gasteiger partial charge in [0, 0.05) is 45.5 Å². The van der Waals surface area contributed by atoms with Gasteiger partial charge >= 0.3 is 12.1 Å². The first-order valence-electron chi connectivity index (χ1n) is 11.4. The summed E-state index contributed by atoms with van der Waals surface area (Å²) in [5.74, 6) is -0.275. The molecule has 9 nitrogen and oxygen atoms in total. The molecule has 0 spiro atoms. The van der Waals surface area contributed by atoms with Gasteiger partial charge in [-0.2, -0.15) is 0 Å². The molecule has 0 bridgehead atoms. The van der Waals surface area contributed by atoms with E-state index >= 15 is 0 Å².